The van der Waals surface area contributed by atoms with Crippen LogP contribution in [0.4, 0.5) is 0 Å². The Hall–Kier alpha value is -0.693. The zero-order valence-corrected chi connectivity index (χ0v) is 15.1. The summed E-state index contributed by atoms with van der Waals surface area (Å²) in [5.41, 5.74) is 0.350. The standard InChI is InChI=1S/C16H30O5Si/c1-5-16(17)21-14(4)13-20-22(18-6-2,19-7-3)15-11-9-8-10-12-15/h5,14-15H,1,6-13H2,2-4H3. The fourth-order valence-corrected chi connectivity index (χ4v) is 6.20. The van der Waals surface area contributed by atoms with Crippen molar-refractivity contribution in [3.05, 3.63) is 12.7 Å². The number of carbonyl (C=O) groups is 1. The maximum absolute atomic E-state index is 11.3. The monoisotopic (exact) mass is 330 g/mol. The summed E-state index contributed by atoms with van der Waals surface area (Å²) in [6.45, 7) is 10.6. The number of carbonyl (C=O) groups excluding carboxylic acids is 1. The SMILES string of the molecule is C=CC(=O)OC(C)CO[Si](OCC)(OCC)C1CCCCC1. The first-order valence-electron chi connectivity index (χ1n) is 8.32. The normalized spacial score (nSPS) is 18.0. The van der Waals surface area contributed by atoms with Gasteiger partial charge in [-0.1, -0.05) is 25.8 Å². The summed E-state index contributed by atoms with van der Waals surface area (Å²) in [5.74, 6) is -0.436. The van der Waals surface area contributed by atoms with Crippen LogP contribution in [0.2, 0.25) is 5.54 Å². The van der Waals surface area contributed by atoms with E-state index in [1.807, 2.05) is 13.8 Å². The maximum atomic E-state index is 11.3. The Morgan fingerprint density at radius 3 is 2.27 bits per heavy atom. The third-order valence-electron chi connectivity index (χ3n) is 3.80. The highest BCUT2D eigenvalue weighted by Crippen LogP contribution is 2.39. The van der Waals surface area contributed by atoms with Crippen molar-refractivity contribution in [2.24, 2.45) is 0 Å². The molecule has 0 saturated heterocycles. The van der Waals surface area contributed by atoms with Gasteiger partial charge in [0.05, 0.1) is 6.61 Å². The minimum absolute atomic E-state index is 0.294. The molecule has 128 valence electrons. The van der Waals surface area contributed by atoms with Crippen LogP contribution in [0.5, 0.6) is 0 Å². The Morgan fingerprint density at radius 2 is 1.77 bits per heavy atom. The van der Waals surface area contributed by atoms with Crippen molar-refractivity contribution in [2.75, 3.05) is 19.8 Å². The molecular formula is C16H30O5Si. The lowest BCUT2D eigenvalue weighted by molar-refractivity contribution is -0.144. The van der Waals surface area contributed by atoms with Gasteiger partial charge in [-0.25, -0.2) is 4.79 Å². The summed E-state index contributed by atoms with van der Waals surface area (Å²) >= 11 is 0. The van der Waals surface area contributed by atoms with Gasteiger partial charge < -0.3 is 18.0 Å². The predicted molar refractivity (Wildman–Crippen MR) is 87.5 cm³/mol. The third kappa shape index (κ3) is 5.83. The van der Waals surface area contributed by atoms with E-state index in [0.717, 1.165) is 18.9 Å². The van der Waals surface area contributed by atoms with E-state index in [1.165, 1.54) is 19.3 Å². The molecule has 0 aliphatic heterocycles. The molecule has 5 nitrogen and oxygen atoms in total. The molecule has 6 heteroatoms. The van der Waals surface area contributed by atoms with E-state index in [2.05, 4.69) is 6.58 Å². The van der Waals surface area contributed by atoms with Crippen LogP contribution in [0.25, 0.3) is 0 Å². The molecule has 0 amide bonds. The summed E-state index contributed by atoms with van der Waals surface area (Å²) in [7, 11) is -2.74. The molecule has 22 heavy (non-hydrogen) atoms. The fourth-order valence-electron chi connectivity index (χ4n) is 2.85. The van der Waals surface area contributed by atoms with Crippen LogP contribution in [-0.2, 0) is 22.8 Å². The maximum Gasteiger partial charge on any atom is 0.504 e. The lowest BCUT2D eigenvalue weighted by Gasteiger charge is -2.37. The molecule has 1 aliphatic rings. The largest absolute Gasteiger partial charge is 0.504 e. The van der Waals surface area contributed by atoms with Gasteiger partial charge in [0.15, 0.2) is 0 Å². The fraction of sp³-hybridized carbons (Fsp3) is 0.812. The molecule has 1 saturated carbocycles. The first-order valence-corrected chi connectivity index (χ1v) is 10.1. The zero-order chi connectivity index (χ0) is 16.4. The quantitative estimate of drug-likeness (QED) is 0.349. The van der Waals surface area contributed by atoms with Gasteiger partial charge in [0.2, 0.25) is 0 Å². The zero-order valence-electron chi connectivity index (χ0n) is 14.1. The van der Waals surface area contributed by atoms with Crippen molar-refractivity contribution in [2.45, 2.75) is 64.5 Å². The molecule has 1 unspecified atom stereocenters. The van der Waals surface area contributed by atoms with Crippen LogP contribution in [0, 0.1) is 0 Å². The van der Waals surface area contributed by atoms with Crippen molar-refractivity contribution in [3.63, 3.8) is 0 Å². The van der Waals surface area contributed by atoms with E-state index in [0.29, 0.717) is 25.4 Å². The topological polar surface area (TPSA) is 54.0 Å². The number of hydrogen-bond acceptors (Lipinski definition) is 5. The number of esters is 1. The van der Waals surface area contributed by atoms with Crippen molar-refractivity contribution in [1.82, 2.24) is 0 Å². The van der Waals surface area contributed by atoms with E-state index >= 15 is 0 Å². The van der Waals surface area contributed by atoms with E-state index in [4.69, 9.17) is 18.0 Å². The van der Waals surface area contributed by atoms with Crippen LogP contribution in [-0.4, -0.2) is 40.7 Å². The molecule has 0 heterocycles. The first-order chi connectivity index (χ1) is 10.6. The Morgan fingerprint density at radius 1 is 1.18 bits per heavy atom. The molecule has 0 bridgehead atoms. The first kappa shape index (κ1) is 19.4. The van der Waals surface area contributed by atoms with Gasteiger partial charge in [0, 0.05) is 24.8 Å². The molecule has 1 atom stereocenters. The molecule has 0 spiro atoms. The third-order valence-corrected chi connectivity index (χ3v) is 7.33. The molecule has 1 aliphatic carbocycles. The van der Waals surface area contributed by atoms with Crippen LogP contribution >= 0.6 is 0 Å². The van der Waals surface area contributed by atoms with Crippen LogP contribution in [0.3, 0.4) is 0 Å². The Labute approximate surface area is 135 Å². The van der Waals surface area contributed by atoms with E-state index < -0.39 is 14.8 Å². The van der Waals surface area contributed by atoms with Gasteiger partial charge in [0.25, 0.3) is 0 Å². The van der Waals surface area contributed by atoms with Gasteiger partial charge in [-0.15, -0.1) is 0 Å². The van der Waals surface area contributed by atoms with Gasteiger partial charge in [0.1, 0.15) is 6.10 Å². The van der Waals surface area contributed by atoms with Crippen molar-refractivity contribution in [1.29, 1.82) is 0 Å². The second-order valence-corrected chi connectivity index (χ2v) is 8.46. The molecule has 1 rings (SSSR count). The molecule has 1 fully saturated rings. The molecule has 0 radical (unpaired) electrons. The van der Waals surface area contributed by atoms with Crippen molar-refractivity contribution < 1.29 is 22.8 Å². The average Bonchev–Trinajstić information content (AvgIpc) is 2.53. The summed E-state index contributed by atoms with van der Waals surface area (Å²) in [6, 6.07) is 0. The highest BCUT2D eigenvalue weighted by molar-refractivity contribution is 6.62. The second kappa shape index (κ2) is 10.2. The van der Waals surface area contributed by atoms with E-state index in [1.54, 1.807) is 6.92 Å². The Kier molecular flexibility index (Phi) is 8.93. The average molecular weight is 330 g/mol. The molecule has 0 aromatic heterocycles. The number of ether oxygens (including phenoxy) is 1. The van der Waals surface area contributed by atoms with Crippen LogP contribution in [0.1, 0.15) is 52.9 Å². The van der Waals surface area contributed by atoms with Gasteiger partial charge in [-0.2, -0.15) is 0 Å². The lowest BCUT2D eigenvalue weighted by Crippen LogP contribution is -2.52. The van der Waals surface area contributed by atoms with Gasteiger partial charge in [-0.05, 0) is 33.6 Å². The summed E-state index contributed by atoms with van der Waals surface area (Å²) in [6.07, 6.45) is 6.66. The minimum atomic E-state index is -2.74. The number of rotatable bonds is 10. The smallest absolute Gasteiger partial charge is 0.457 e. The Balaban J connectivity index is 2.70. The van der Waals surface area contributed by atoms with Crippen LogP contribution < -0.4 is 0 Å². The Bertz CT molecular complexity index is 335. The molecule has 0 aromatic rings. The van der Waals surface area contributed by atoms with Crippen LogP contribution in [0.15, 0.2) is 12.7 Å². The van der Waals surface area contributed by atoms with Crippen molar-refractivity contribution in [3.8, 4) is 0 Å². The van der Waals surface area contributed by atoms with E-state index in [9.17, 15) is 4.79 Å². The van der Waals surface area contributed by atoms with Crippen molar-refractivity contribution >= 4 is 14.8 Å². The molecular weight excluding hydrogens is 300 g/mol. The number of hydrogen-bond donors (Lipinski definition) is 0. The minimum Gasteiger partial charge on any atom is -0.457 e. The lowest BCUT2D eigenvalue weighted by atomic mass is 10.0. The molecule has 0 N–H and O–H groups in total. The predicted octanol–water partition coefficient (Wildman–Crippen LogP) is 3.47. The summed E-state index contributed by atoms with van der Waals surface area (Å²) < 4.78 is 23.4. The van der Waals surface area contributed by atoms with Gasteiger partial charge >= 0.3 is 14.8 Å². The summed E-state index contributed by atoms with van der Waals surface area (Å²) in [5, 5.41) is 0. The molecule has 0 aromatic carbocycles. The van der Waals surface area contributed by atoms with Gasteiger partial charge in [-0.3, -0.25) is 0 Å². The van der Waals surface area contributed by atoms with E-state index in [-0.39, 0.29) is 6.10 Å². The highest BCUT2D eigenvalue weighted by atomic mass is 28.4. The highest BCUT2D eigenvalue weighted by Gasteiger charge is 2.49. The second-order valence-electron chi connectivity index (χ2n) is 5.57. The summed E-state index contributed by atoms with van der Waals surface area (Å²) in [4.78, 5) is 11.3.